The molecule has 0 saturated carbocycles. The number of hydrogen-bond donors (Lipinski definition) is 1. The minimum absolute atomic E-state index is 0.0925. The first-order chi connectivity index (χ1) is 18.2. The molecular formula is C28H37FN4O5. The summed E-state index contributed by atoms with van der Waals surface area (Å²) in [5, 5.41) is 8.70. The van der Waals surface area contributed by atoms with Gasteiger partial charge in [-0.3, -0.25) is 15.0 Å². The van der Waals surface area contributed by atoms with E-state index < -0.39 is 13.0 Å². The Kier molecular flexibility index (Phi) is 10.5. The predicted molar refractivity (Wildman–Crippen MR) is 144 cm³/mol. The molecule has 2 aromatic carbocycles. The zero-order valence-electron chi connectivity index (χ0n) is 22.7. The SMILES string of the molecule is COc1ccc(C2=NN(Cc3ccc(NC(=O)OCCN(C(C)C)C(C)C)cc3)C(=O)CC2)cc1OCF. The summed E-state index contributed by atoms with van der Waals surface area (Å²) < 4.78 is 28.3. The molecule has 2 amide bonds. The lowest BCUT2D eigenvalue weighted by molar-refractivity contribution is -0.132. The maximum Gasteiger partial charge on any atom is 0.411 e. The molecular weight excluding hydrogens is 491 g/mol. The zero-order valence-corrected chi connectivity index (χ0v) is 22.7. The molecule has 0 bridgehead atoms. The number of halogens is 1. The first-order valence-electron chi connectivity index (χ1n) is 12.7. The normalized spacial score (nSPS) is 13.7. The van der Waals surface area contributed by atoms with Gasteiger partial charge in [0.05, 0.1) is 19.4 Å². The van der Waals surface area contributed by atoms with Gasteiger partial charge in [-0.1, -0.05) is 12.1 Å². The van der Waals surface area contributed by atoms with Crippen LogP contribution in [-0.4, -0.2) is 66.8 Å². The Bertz CT molecular complexity index is 1110. The maximum atomic E-state index is 12.8. The minimum atomic E-state index is -0.978. The molecule has 0 spiro atoms. The number of hydrazone groups is 1. The van der Waals surface area contributed by atoms with Gasteiger partial charge in [0.15, 0.2) is 11.5 Å². The van der Waals surface area contributed by atoms with E-state index in [0.29, 0.717) is 55.2 Å². The molecule has 0 aromatic heterocycles. The van der Waals surface area contributed by atoms with Crippen molar-refractivity contribution in [2.75, 3.05) is 32.4 Å². The van der Waals surface area contributed by atoms with Crippen LogP contribution in [0.2, 0.25) is 0 Å². The average Bonchev–Trinajstić information content (AvgIpc) is 2.88. The summed E-state index contributed by atoms with van der Waals surface area (Å²) in [7, 11) is 1.48. The van der Waals surface area contributed by atoms with Crippen molar-refractivity contribution in [1.29, 1.82) is 0 Å². The Morgan fingerprint density at radius 3 is 2.42 bits per heavy atom. The summed E-state index contributed by atoms with van der Waals surface area (Å²) in [5.74, 6) is 0.601. The number of carbonyl (C=O) groups excluding carboxylic acids is 2. The second-order valence-corrected chi connectivity index (χ2v) is 9.50. The Balaban J connectivity index is 1.59. The summed E-state index contributed by atoms with van der Waals surface area (Å²) >= 11 is 0. The van der Waals surface area contributed by atoms with Crippen molar-refractivity contribution in [3.63, 3.8) is 0 Å². The zero-order chi connectivity index (χ0) is 27.7. The highest BCUT2D eigenvalue weighted by molar-refractivity contribution is 6.04. The number of nitrogens with one attached hydrogen (secondary N) is 1. The molecule has 3 rings (SSSR count). The molecule has 0 radical (unpaired) electrons. The molecule has 1 aliphatic rings. The van der Waals surface area contributed by atoms with E-state index in [-0.39, 0.29) is 18.2 Å². The highest BCUT2D eigenvalue weighted by Gasteiger charge is 2.22. The van der Waals surface area contributed by atoms with Crippen molar-refractivity contribution < 1.29 is 28.2 Å². The summed E-state index contributed by atoms with van der Waals surface area (Å²) in [5.41, 5.74) is 2.87. The van der Waals surface area contributed by atoms with Crippen molar-refractivity contribution >= 4 is 23.4 Å². The molecule has 38 heavy (non-hydrogen) atoms. The van der Waals surface area contributed by atoms with E-state index in [2.05, 4.69) is 43.0 Å². The van der Waals surface area contributed by atoms with E-state index in [4.69, 9.17) is 14.2 Å². The summed E-state index contributed by atoms with van der Waals surface area (Å²) in [6.07, 6.45) is 0.260. The lowest BCUT2D eigenvalue weighted by Crippen LogP contribution is -2.39. The number of anilines is 1. The van der Waals surface area contributed by atoms with Crippen molar-refractivity contribution in [1.82, 2.24) is 9.91 Å². The van der Waals surface area contributed by atoms with Crippen molar-refractivity contribution in [2.24, 2.45) is 5.10 Å². The second kappa shape index (κ2) is 13.8. The lowest BCUT2D eigenvalue weighted by atomic mass is 10.0. The molecule has 1 aliphatic heterocycles. The maximum absolute atomic E-state index is 12.8. The quantitative estimate of drug-likeness (QED) is 0.407. The molecule has 206 valence electrons. The first-order valence-corrected chi connectivity index (χ1v) is 12.7. The number of amides is 2. The largest absolute Gasteiger partial charge is 0.493 e. The number of methoxy groups -OCH3 is 1. The van der Waals surface area contributed by atoms with E-state index in [0.717, 1.165) is 11.1 Å². The monoisotopic (exact) mass is 528 g/mol. The van der Waals surface area contributed by atoms with Gasteiger partial charge in [-0.15, -0.1) is 0 Å². The Morgan fingerprint density at radius 1 is 1.08 bits per heavy atom. The summed E-state index contributed by atoms with van der Waals surface area (Å²) in [6.45, 7) is 8.72. The van der Waals surface area contributed by atoms with Crippen LogP contribution in [0, 0.1) is 0 Å². The fourth-order valence-electron chi connectivity index (χ4n) is 4.34. The number of alkyl halides is 1. The van der Waals surface area contributed by atoms with Crippen LogP contribution in [0.15, 0.2) is 47.6 Å². The number of nitrogens with zero attached hydrogens (tertiary/aromatic N) is 3. The van der Waals surface area contributed by atoms with Crippen molar-refractivity contribution in [3.05, 3.63) is 53.6 Å². The van der Waals surface area contributed by atoms with Crippen molar-refractivity contribution in [2.45, 2.75) is 59.2 Å². The number of rotatable bonds is 12. The number of hydrogen-bond acceptors (Lipinski definition) is 7. The molecule has 0 aliphatic carbocycles. The van der Waals surface area contributed by atoms with Crippen LogP contribution in [-0.2, 0) is 16.1 Å². The molecule has 0 fully saturated rings. The summed E-state index contributed by atoms with van der Waals surface area (Å²) in [6, 6.07) is 13.1. The van der Waals surface area contributed by atoms with E-state index in [1.807, 2.05) is 12.1 Å². The predicted octanol–water partition coefficient (Wildman–Crippen LogP) is 5.20. The number of ether oxygens (including phenoxy) is 3. The van der Waals surface area contributed by atoms with Crippen molar-refractivity contribution in [3.8, 4) is 11.5 Å². The number of benzene rings is 2. The fraction of sp³-hybridized carbons (Fsp3) is 0.464. The van der Waals surface area contributed by atoms with Gasteiger partial charge in [0.25, 0.3) is 0 Å². The molecule has 1 N–H and O–H groups in total. The van der Waals surface area contributed by atoms with Gasteiger partial charge in [-0.05, 0) is 63.6 Å². The topological polar surface area (TPSA) is 92.7 Å². The van der Waals surface area contributed by atoms with Crippen LogP contribution < -0.4 is 14.8 Å². The first kappa shape index (κ1) is 28.9. The third kappa shape index (κ3) is 7.92. The number of carbonyl (C=O) groups is 2. The third-order valence-electron chi connectivity index (χ3n) is 6.25. The van der Waals surface area contributed by atoms with E-state index >= 15 is 0 Å². The van der Waals surface area contributed by atoms with Gasteiger partial charge in [0, 0.05) is 42.7 Å². The van der Waals surface area contributed by atoms with Gasteiger partial charge in [0.2, 0.25) is 12.8 Å². The third-order valence-corrected chi connectivity index (χ3v) is 6.25. The molecule has 0 unspecified atom stereocenters. The van der Waals surface area contributed by atoms with Crippen LogP contribution in [0.5, 0.6) is 11.5 Å². The van der Waals surface area contributed by atoms with E-state index in [1.165, 1.54) is 12.1 Å². The second-order valence-electron chi connectivity index (χ2n) is 9.50. The van der Waals surface area contributed by atoms with E-state index in [1.54, 1.807) is 30.3 Å². The standard InChI is InChI=1S/C28H37FN4O5/c1-19(2)32(20(3)4)14-15-37-28(35)30-23-9-6-21(7-10-23)17-33-27(34)13-11-24(31-33)22-8-12-25(36-5)26(16-22)38-18-29/h6-10,12,16,19-20H,11,13-15,17-18H2,1-5H3,(H,30,35). The van der Waals surface area contributed by atoms with Gasteiger partial charge in [-0.2, -0.15) is 5.10 Å². The molecule has 2 aromatic rings. The van der Waals surface area contributed by atoms with Crippen LogP contribution in [0.4, 0.5) is 14.9 Å². The van der Waals surface area contributed by atoms with Gasteiger partial charge >= 0.3 is 6.09 Å². The van der Waals surface area contributed by atoms with Gasteiger partial charge < -0.3 is 14.2 Å². The minimum Gasteiger partial charge on any atom is -0.493 e. The molecule has 10 heteroatoms. The highest BCUT2D eigenvalue weighted by atomic mass is 19.1. The fourth-order valence-corrected chi connectivity index (χ4v) is 4.34. The Morgan fingerprint density at radius 2 is 1.79 bits per heavy atom. The summed E-state index contributed by atoms with van der Waals surface area (Å²) in [4.78, 5) is 27.0. The van der Waals surface area contributed by atoms with Crippen LogP contribution in [0.1, 0.15) is 51.7 Å². The lowest BCUT2D eigenvalue weighted by Gasteiger charge is -2.30. The molecule has 9 nitrogen and oxygen atoms in total. The van der Waals surface area contributed by atoms with Crippen LogP contribution in [0.25, 0.3) is 0 Å². The van der Waals surface area contributed by atoms with E-state index in [9.17, 15) is 14.0 Å². The molecule has 0 atom stereocenters. The highest BCUT2D eigenvalue weighted by Crippen LogP contribution is 2.30. The Labute approximate surface area is 223 Å². The molecule has 1 heterocycles. The average molecular weight is 529 g/mol. The Hall–Kier alpha value is -3.66. The van der Waals surface area contributed by atoms with Gasteiger partial charge in [-0.25, -0.2) is 14.2 Å². The smallest absolute Gasteiger partial charge is 0.411 e. The van der Waals surface area contributed by atoms with Crippen LogP contribution >= 0.6 is 0 Å². The van der Waals surface area contributed by atoms with Gasteiger partial charge in [0.1, 0.15) is 6.61 Å². The molecule has 0 saturated heterocycles. The van der Waals surface area contributed by atoms with Crippen LogP contribution in [0.3, 0.4) is 0 Å².